The van der Waals surface area contributed by atoms with E-state index in [-0.39, 0.29) is 23.4 Å². The van der Waals surface area contributed by atoms with Crippen LogP contribution in [0.3, 0.4) is 0 Å². The molecule has 0 amide bonds. The quantitative estimate of drug-likeness (QED) is 0.445. The third kappa shape index (κ3) is 1.90. The predicted octanol–water partition coefficient (Wildman–Crippen LogP) is 1.26. The Kier molecular flexibility index (Phi) is 3.23. The topological polar surface area (TPSA) is 69.4 Å². The maximum absolute atomic E-state index is 11.4. The van der Waals surface area contributed by atoms with Crippen LogP contribution in [0.25, 0.3) is 0 Å². The zero-order valence-electron chi connectivity index (χ0n) is 7.82. The summed E-state index contributed by atoms with van der Waals surface area (Å²) in [6.07, 6.45) is 0.586. The number of hydrogen-bond donors (Lipinski definition) is 1. The zero-order valence-corrected chi connectivity index (χ0v) is 7.82. The highest BCUT2D eigenvalue weighted by atomic mass is 16.5. The second-order valence-corrected chi connectivity index (χ2v) is 2.65. The predicted molar refractivity (Wildman–Crippen MR) is 52.2 cm³/mol. The van der Waals surface area contributed by atoms with Crippen molar-refractivity contribution in [2.45, 2.75) is 6.92 Å². The van der Waals surface area contributed by atoms with E-state index in [9.17, 15) is 9.59 Å². The molecule has 0 aliphatic carbocycles. The average Bonchev–Trinajstić information content (AvgIpc) is 2.17. The lowest BCUT2D eigenvalue weighted by Crippen LogP contribution is -2.10. The van der Waals surface area contributed by atoms with Crippen LogP contribution in [0, 0.1) is 0 Å². The van der Waals surface area contributed by atoms with Crippen molar-refractivity contribution < 1.29 is 14.3 Å². The molecule has 0 aliphatic heterocycles. The van der Waals surface area contributed by atoms with Gasteiger partial charge in [-0.15, -0.1) is 0 Å². The van der Waals surface area contributed by atoms with Crippen molar-refractivity contribution in [1.82, 2.24) is 0 Å². The highest BCUT2D eigenvalue weighted by Crippen LogP contribution is 2.16. The third-order valence-electron chi connectivity index (χ3n) is 1.74. The van der Waals surface area contributed by atoms with Crippen LogP contribution in [0.4, 0.5) is 5.69 Å². The van der Waals surface area contributed by atoms with Gasteiger partial charge in [-0.2, -0.15) is 0 Å². The first-order valence-corrected chi connectivity index (χ1v) is 4.21. The highest BCUT2D eigenvalue weighted by Gasteiger charge is 2.14. The summed E-state index contributed by atoms with van der Waals surface area (Å²) in [5.41, 5.74) is 6.22. The monoisotopic (exact) mass is 193 g/mol. The van der Waals surface area contributed by atoms with Crippen molar-refractivity contribution in [2.24, 2.45) is 0 Å². The molecule has 4 nitrogen and oxygen atoms in total. The lowest BCUT2D eigenvalue weighted by atomic mass is 10.1. The van der Waals surface area contributed by atoms with E-state index in [1.54, 1.807) is 19.1 Å². The van der Waals surface area contributed by atoms with Gasteiger partial charge in [0.15, 0.2) is 6.29 Å². The molecule has 0 spiro atoms. The second-order valence-electron chi connectivity index (χ2n) is 2.65. The van der Waals surface area contributed by atoms with Gasteiger partial charge in [0.2, 0.25) is 0 Å². The molecule has 0 aliphatic rings. The van der Waals surface area contributed by atoms with E-state index in [2.05, 4.69) is 0 Å². The summed E-state index contributed by atoms with van der Waals surface area (Å²) in [7, 11) is 0. The van der Waals surface area contributed by atoms with Crippen LogP contribution < -0.4 is 5.73 Å². The van der Waals surface area contributed by atoms with Crippen LogP contribution in [0.5, 0.6) is 0 Å². The highest BCUT2D eigenvalue weighted by molar-refractivity contribution is 6.02. The van der Waals surface area contributed by atoms with Crippen LogP contribution in [0.2, 0.25) is 0 Å². The standard InChI is InChI=1S/C10H11NO3/c1-2-14-10(13)9-7(6-12)4-3-5-8(9)11/h3-6H,2,11H2,1H3. The van der Waals surface area contributed by atoms with E-state index < -0.39 is 5.97 Å². The van der Waals surface area contributed by atoms with Crippen molar-refractivity contribution in [2.75, 3.05) is 12.3 Å². The average molecular weight is 193 g/mol. The molecule has 0 saturated heterocycles. The molecule has 4 heteroatoms. The number of rotatable bonds is 3. The van der Waals surface area contributed by atoms with Gasteiger partial charge in [0.1, 0.15) is 0 Å². The normalized spacial score (nSPS) is 9.50. The number of carbonyl (C=O) groups is 2. The Hall–Kier alpha value is -1.84. The van der Waals surface area contributed by atoms with Gasteiger partial charge < -0.3 is 10.5 Å². The molecule has 0 unspecified atom stereocenters. The van der Waals surface area contributed by atoms with Crippen molar-refractivity contribution in [3.8, 4) is 0 Å². The molecule has 0 aromatic heterocycles. The second kappa shape index (κ2) is 4.41. The molecule has 0 bridgehead atoms. The smallest absolute Gasteiger partial charge is 0.340 e. The summed E-state index contributed by atoms with van der Waals surface area (Å²) in [4.78, 5) is 22.0. The molecule has 74 valence electrons. The number of ether oxygens (including phenoxy) is 1. The summed E-state index contributed by atoms with van der Waals surface area (Å²) in [5.74, 6) is -0.562. The Bertz CT molecular complexity index is 360. The molecule has 0 saturated carbocycles. The largest absolute Gasteiger partial charge is 0.462 e. The first-order valence-electron chi connectivity index (χ1n) is 4.21. The molecule has 1 aromatic rings. The van der Waals surface area contributed by atoms with Crippen LogP contribution in [-0.2, 0) is 4.74 Å². The molecule has 0 atom stereocenters. The van der Waals surface area contributed by atoms with E-state index in [0.29, 0.717) is 6.29 Å². The number of aldehydes is 1. The lowest BCUT2D eigenvalue weighted by Gasteiger charge is -2.06. The van der Waals surface area contributed by atoms with Gasteiger partial charge in [-0.25, -0.2) is 4.79 Å². The minimum absolute atomic E-state index is 0.143. The minimum atomic E-state index is -0.562. The molecule has 14 heavy (non-hydrogen) atoms. The first kappa shape index (κ1) is 10.2. The number of benzene rings is 1. The molecule has 1 rings (SSSR count). The SMILES string of the molecule is CCOC(=O)c1c(N)cccc1C=O. The van der Waals surface area contributed by atoms with Gasteiger partial charge >= 0.3 is 5.97 Å². The summed E-state index contributed by atoms with van der Waals surface area (Å²) < 4.78 is 4.77. The molecule has 0 fully saturated rings. The maximum atomic E-state index is 11.4. The molecule has 0 heterocycles. The minimum Gasteiger partial charge on any atom is -0.462 e. The third-order valence-corrected chi connectivity index (χ3v) is 1.74. The molecule has 0 radical (unpaired) electrons. The number of nitrogen functional groups attached to an aromatic ring is 1. The zero-order chi connectivity index (χ0) is 10.6. The molecular formula is C10H11NO3. The summed E-state index contributed by atoms with van der Waals surface area (Å²) >= 11 is 0. The van der Waals surface area contributed by atoms with Crippen molar-refractivity contribution >= 4 is 17.9 Å². The first-order chi connectivity index (χ1) is 6.70. The molecule has 2 N–H and O–H groups in total. The summed E-state index contributed by atoms with van der Waals surface area (Å²) in [6.45, 7) is 1.95. The number of carbonyl (C=O) groups excluding carboxylic acids is 2. The maximum Gasteiger partial charge on any atom is 0.340 e. The fraction of sp³-hybridized carbons (Fsp3) is 0.200. The van der Waals surface area contributed by atoms with Crippen LogP contribution in [0.15, 0.2) is 18.2 Å². The Labute approximate surface area is 81.7 Å². The van der Waals surface area contributed by atoms with E-state index in [0.717, 1.165) is 0 Å². The van der Waals surface area contributed by atoms with Crippen LogP contribution in [-0.4, -0.2) is 18.9 Å². The van der Waals surface area contributed by atoms with Gasteiger partial charge in [0.05, 0.1) is 12.2 Å². The fourth-order valence-electron chi connectivity index (χ4n) is 1.13. The Morgan fingerprint density at radius 2 is 2.29 bits per heavy atom. The number of esters is 1. The van der Waals surface area contributed by atoms with Gasteiger partial charge in [-0.3, -0.25) is 4.79 Å². The van der Waals surface area contributed by atoms with Gasteiger partial charge in [-0.1, -0.05) is 12.1 Å². The van der Waals surface area contributed by atoms with Crippen molar-refractivity contribution in [1.29, 1.82) is 0 Å². The summed E-state index contributed by atoms with van der Waals surface area (Å²) in [5, 5.41) is 0. The fourth-order valence-corrected chi connectivity index (χ4v) is 1.13. The van der Waals surface area contributed by atoms with E-state index >= 15 is 0 Å². The van der Waals surface area contributed by atoms with Crippen LogP contribution in [0.1, 0.15) is 27.6 Å². The number of hydrogen-bond acceptors (Lipinski definition) is 4. The van der Waals surface area contributed by atoms with E-state index in [4.69, 9.17) is 10.5 Å². The summed E-state index contributed by atoms with van der Waals surface area (Å²) in [6, 6.07) is 4.69. The lowest BCUT2D eigenvalue weighted by molar-refractivity contribution is 0.0525. The number of anilines is 1. The Morgan fingerprint density at radius 3 is 2.86 bits per heavy atom. The molecule has 1 aromatic carbocycles. The Balaban J connectivity index is 3.16. The Morgan fingerprint density at radius 1 is 1.57 bits per heavy atom. The van der Waals surface area contributed by atoms with Gasteiger partial charge in [0.25, 0.3) is 0 Å². The van der Waals surface area contributed by atoms with Gasteiger partial charge in [0, 0.05) is 11.3 Å². The number of nitrogens with two attached hydrogens (primary N) is 1. The van der Waals surface area contributed by atoms with Crippen LogP contribution >= 0.6 is 0 Å². The molecular weight excluding hydrogens is 182 g/mol. The van der Waals surface area contributed by atoms with E-state index in [1.807, 2.05) is 0 Å². The van der Waals surface area contributed by atoms with E-state index in [1.165, 1.54) is 6.07 Å². The van der Waals surface area contributed by atoms with Crippen molar-refractivity contribution in [3.63, 3.8) is 0 Å². The van der Waals surface area contributed by atoms with Gasteiger partial charge in [-0.05, 0) is 13.0 Å². The van der Waals surface area contributed by atoms with Crippen molar-refractivity contribution in [3.05, 3.63) is 29.3 Å².